The molecule has 1 atom stereocenters. The number of aliphatic hydroxyl groups excluding tert-OH is 1. The summed E-state index contributed by atoms with van der Waals surface area (Å²) in [5.41, 5.74) is 3.65. The molecule has 0 radical (unpaired) electrons. The quantitative estimate of drug-likeness (QED) is 0.457. The first-order valence-corrected chi connectivity index (χ1v) is 8.73. The molecular weight excluding hydrogens is 312 g/mol. The molecule has 132 valence electrons. The third kappa shape index (κ3) is 3.74. The van der Waals surface area contributed by atoms with Gasteiger partial charge in [0.25, 0.3) is 0 Å². The van der Waals surface area contributed by atoms with E-state index in [2.05, 4.69) is 34.6 Å². The van der Waals surface area contributed by atoms with Gasteiger partial charge in [-0.05, 0) is 27.1 Å². The topological polar surface area (TPSA) is 60.4 Å². The van der Waals surface area contributed by atoms with Gasteiger partial charge in [0.15, 0.2) is 0 Å². The lowest BCUT2D eigenvalue weighted by atomic mass is 10.0. The van der Waals surface area contributed by atoms with Gasteiger partial charge in [0, 0.05) is 36.0 Å². The summed E-state index contributed by atoms with van der Waals surface area (Å²) < 4.78 is 0. The van der Waals surface area contributed by atoms with Crippen LogP contribution in [-0.2, 0) is 0 Å². The molecule has 0 amide bonds. The molecule has 0 saturated carbocycles. The highest BCUT2D eigenvalue weighted by Crippen LogP contribution is 2.33. The van der Waals surface area contributed by atoms with E-state index in [0.717, 1.165) is 46.1 Å². The van der Waals surface area contributed by atoms with Crippen LogP contribution in [0, 0.1) is 0 Å². The molecule has 5 nitrogen and oxygen atoms in total. The molecule has 2 aromatic carbocycles. The van der Waals surface area contributed by atoms with Crippen molar-refractivity contribution in [1.82, 2.24) is 15.2 Å². The molecule has 25 heavy (non-hydrogen) atoms. The van der Waals surface area contributed by atoms with Crippen LogP contribution in [0.25, 0.3) is 21.8 Å². The van der Waals surface area contributed by atoms with E-state index in [1.54, 1.807) is 0 Å². The number of fused-ring (bicyclic) bond motifs is 2. The largest absolute Gasteiger partial charge is 0.384 e. The van der Waals surface area contributed by atoms with Crippen molar-refractivity contribution in [3.63, 3.8) is 0 Å². The number of anilines is 1. The lowest BCUT2D eigenvalue weighted by Crippen LogP contribution is -2.29. The van der Waals surface area contributed by atoms with E-state index in [0.29, 0.717) is 6.54 Å². The number of pyridine rings is 1. The fraction of sp³-hybridized carbons (Fsp3) is 0.350. The molecule has 5 heteroatoms. The monoisotopic (exact) mass is 338 g/mol. The third-order valence-electron chi connectivity index (χ3n) is 4.29. The highest BCUT2D eigenvalue weighted by Gasteiger charge is 2.15. The molecule has 1 heterocycles. The summed E-state index contributed by atoms with van der Waals surface area (Å²) in [5.74, 6) is 0. The number of likely N-dealkylation sites (N-methyl/N-ethyl adjacent to an activating group) is 1. The normalized spacial score (nSPS) is 12.8. The van der Waals surface area contributed by atoms with Crippen molar-refractivity contribution in [3.8, 4) is 0 Å². The Morgan fingerprint density at radius 3 is 2.60 bits per heavy atom. The summed E-state index contributed by atoms with van der Waals surface area (Å²) in [7, 11) is 4.03. The average molecular weight is 338 g/mol. The number of hydrogen-bond acceptors (Lipinski definition) is 5. The van der Waals surface area contributed by atoms with Crippen molar-refractivity contribution in [2.75, 3.05) is 39.0 Å². The van der Waals surface area contributed by atoms with E-state index in [-0.39, 0.29) is 0 Å². The Bertz CT molecular complexity index is 863. The van der Waals surface area contributed by atoms with Crippen LogP contribution in [0.15, 0.2) is 42.5 Å². The molecule has 3 aromatic rings. The van der Waals surface area contributed by atoms with Crippen molar-refractivity contribution in [2.24, 2.45) is 0 Å². The zero-order valence-electron chi connectivity index (χ0n) is 15.1. The number of aliphatic hydroxyl groups is 1. The van der Waals surface area contributed by atoms with Crippen LogP contribution in [-0.4, -0.2) is 48.7 Å². The van der Waals surface area contributed by atoms with Gasteiger partial charge in [0.2, 0.25) is 0 Å². The Hall–Kier alpha value is -2.21. The Morgan fingerprint density at radius 1 is 1.08 bits per heavy atom. The number of rotatable bonds is 7. The molecule has 1 unspecified atom stereocenters. The van der Waals surface area contributed by atoms with E-state index in [1.165, 1.54) is 0 Å². The molecule has 0 aliphatic heterocycles. The van der Waals surface area contributed by atoms with Crippen molar-refractivity contribution in [1.29, 1.82) is 0 Å². The molecule has 0 saturated heterocycles. The highest BCUT2D eigenvalue weighted by atomic mass is 16.3. The predicted octanol–water partition coefficient (Wildman–Crippen LogP) is 2.96. The van der Waals surface area contributed by atoms with Crippen LogP contribution in [0.1, 0.15) is 18.7 Å². The summed E-state index contributed by atoms with van der Waals surface area (Å²) in [6.07, 6.45) is -0.744. The Balaban J connectivity index is 2.08. The number of nitrogens with zero attached hydrogens (tertiary/aromatic N) is 2. The van der Waals surface area contributed by atoms with Crippen LogP contribution >= 0.6 is 0 Å². The molecule has 0 aliphatic rings. The fourth-order valence-corrected chi connectivity index (χ4v) is 3.06. The smallest absolute Gasteiger partial charge is 0.133 e. The second kappa shape index (κ2) is 7.78. The van der Waals surface area contributed by atoms with Gasteiger partial charge >= 0.3 is 0 Å². The van der Waals surface area contributed by atoms with Gasteiger partial charge in [-0.1, -0.05) is 36.4 Å². The van der Waals surface area contributed by atoms with Crippen molar-refractivity contribution < 1.29 is 5.11 Å². The number of para-hydroxylation sites is 2. The van der Waals surface area contributed by atoms with Gasteiger partial charge in [0.05, 0.1) is 16.7 Å². The standard InChI is InChI=1S/C20H26N4O/c1-4-21-18-14-8-5-6-11-17(14)23-19-15(18)9-7-10-16(19)20(25)22-12-13-24(2)3/h5-11,20,22,25H,4,12-13H2,1-3H3,(H,21,23). The summed E-state index contributed by atoms with van der Waals surface area (Å²) in [6, 6.07) is 14.1. The average Bonchev–Trinajstić information content (AvgIpc) is 2.60. The van der Waals surface area contributed by atoms with Gasteiger partial charge in [0.1, 0.15) is 6.23 Å². The molecule has 3 N–H and O–H groups in total. The van der Waals surface area contributed by atoms with E-state index in [4.69, 9.17) is 4.98 Å². The Morgan fingerprint density at radius 2 is 1.84 bits per heavy atom. The first-order chi connectivity index (χ1) is 12.1. The number of benzene rings is 2. The molecule has 1 aromatic heterocycles. The minimum Gasteiger partial charge on any atom is -0.384 e. The SMILES string of the molecule is CCNc1c2ccccc2nc2c(C(O)NCCN(C)C)cccc12. The van der Waals surface area contributed by atoms with Crippen LogP contribution in [0.3, 0.4) is 0 Å². The maximum absolute atomic E-state index is 10.6. The Kier molecular flexibility index (Phi) is 5.48. The third-order valence-corrected chi connectivity index (χ3v) is 4.29. The van der Waals surface area contributed by atoms with Gasteiger partial charge < -0.3 is 15.3 Å². The lowest BCUT2D eigenvalue weighted by Gasteiger charge is -2.19. The van der Waals surface area contributed by atoms with E-state index >= 15 is 0 Å². The van der Waals surface area contributed by atoms with Crippen molar-refractivity contribution in [2.45, 2.75) is 13.2 Å². The first-order valence-electron chi connectivity index (χ1n) is 8.73. The van der Waals surface area contributed by atoms with Gasteiger partial charge in [-0.3, -0.25) is 5.32 Å². The van der Waals surface area contributed by atoms with Gasteiger partial charge in [-0.15, -0.1) is 0 Å². The van der Waals surface area contributed by atoms with Gasteiger partial charge in [-0.25, -0.2) is 4.98 Å². The maximum atomic E-state index is 10.6. The van der Waals surface area contributed by atoms with Crippen LogP contribution < -0.4 is 10.6 Å². The number of hydrogen-bond donors (Lipinski definition) is 3. The van der Waals surface area contributed by atoms with Crippen LogP contribution in [0.5, 0.6) is 0 Å². The minimum absolute atomic E-state index is 0.707. The lowest BCUT2D eigenvalue weighted by molar-refractivity contribution is 0.137. The van der Waals surface area contributed by atoms with E-state index < -0.39 is 6.23 Å². The van der Waals surface area contributed by atoms with Crippen molar-refractivity contribution >= 4 is 27.5 Å². The number of nitrogens with one attached hydrogen (secondary N) is 2. The molecule has 0 aliphatic carbocycles. The number of aromatic nitrogens is 1. The second-order valence-corrected chi connectivity index (χ2v) is 6.44. The Labute approximate surface area is 148 Å². The zero-order chi connectivity index (χ0) is 17.8. The summed E-state index contributed by atoms with van der Waals surface area (Å²) in [5, 5.41) is 19.4. The first kappa shape index (κ1) is 17.6. The molecule has 0 bridgehead atoms. The zero-order valence-corrected chi connectivity index (χ0v) is 15.1. The van der Waals surface area contributed by atoms with Crippen LogP contribution in [0.2, 0.25) is 0 Å². The summed E-state index contributed by atoms with van der Waals surface area (Å²) >= 11 is 0. The highest BCUT2D eigenvalue weighted by molar-refractivity contribution is 6.08. The molecular formula is C20H26N4O. The second-order valence-electron chi connectivity index (χ2n) is 6.44. The van der Waals surface area contributed by atoms with Crippen molar-refractivity contribution in [3.05, 3.63) is 48.0 Å². The molecule has 0 spiro atoms. The molecule has 3 rings (SSSR count). The summed E-state index contributed by atoms with van der Waals surface area (Å²) in [4.78, 5) is 6.92. The minimum atomic E-state index is -0.744. The maximum Gasteiger partial charge on any atom is 0.133 e. The molecule has 0 fully saturated rings. The summed E-state index contributed by atoms with van der Waals surface area (Å²) in [6.45, 7) is 4.48. The van der Waals surface area contributed by atoms with E-state index in [9.17, 15) is 5.11 Å². The predicted molar refractivity (Wildman–Crippen MR) is 105 cm³/mol. The van der Waals surface area contributed by atoms with E-state index in [1.807, 2.05) is 44.4 Å². The fourth-order valence-electron chi connectivity index (χ4n) is 3.06. The van der Waals surface area contributed by atoms with Crippen LogP contribution in [0.4, 0.5) is 5.69 Å². The van der Waals surface area contributed by atoms with Gasteiger partial charge in [-0.2, -0.15) is 0 Å².